The number of nitrogens with two attached hydrogens (primary N) is 1. The molecule has 106 valence electrons. The fraction of sp³-hybridized carbons (Fsp3) is 0.250. The second kappa shape index (κ2) is 5.64. The Morgan fingerprint density at radius 2 is 2.20 bits per heavy atom. The molecule has 0 saturated carbocycles. The normalized spacial score (nSPS) is 10.6. The number of nitrogens with zero attached hydrogens (tertiary/aromatic N) is 2. The Kier molecular flexibility index (Phi) is 3.92. The van der Waals surface area contributed by atoms with E-state index >= 15 is 0 Å². The highest BCUT2D eigenvalue weighted by atomic mass is 19.1. The number of anilines is 1. The Morgan fingerprint density at radius 3 is 2.85 bits per heavy atom. The second-order valence-electron chi connectivity index (χ2n) is 4.06. The van der Waals surface area contributed by atoms with Gasteiger partial charge in [-0.1, -0.05) is 5.16 Å². The molecule has 0 aliphatic carbocycles. The summed E-state index contributed by atoms with van der Waals surface area (Å²) in [6.45, 7) is 1.75. The van der Waals surface area contributed by atoms with Crippen LogP contribution in [0.4, 0.5) is 14.5 Å². The predicted octanol–water partition coefficient (Wildman–Crippen LogP) is 1.21. The Hall–Kier alpha value is -2.51. The maximum atomic E-state index is 13.6. The van der Waals surface area contributed by atoms with Crippen molar-refractivity contribution in [3.8, 4) is 0 Å². The summed E-state index contributed by atoms with van der Waals surface area (Å²) in [6.07, 6.45) is 0.286. The van der Waals surface area contributed by atoms with Crippen LogP contribution in [0.1, 0.15) is 22.1 Å². The molecule has 8 heteroatoms. The van der Waals surface area contributed by atoms with Crippen molar-refractivity contribution in [2.24, 2.45) is 0 Å². The molecule has 1 heterocycles. The summed E-state index contributed by atoms with van der Waals surface area (Å²) in [7, 11) is 0. The van der Waals surface area contributed by atoms with Crippen LogP contribution in [-0.4, -0.2) is 22.6 Å². The van der Waals surface area contributed by atoms with Crippen molar-refractivity contribution in [2.45, 2.75) is 13.3 Å². The molecule has 3 N–H and O–H groups in total. The van der Waals surface area contributed by atoms with Gasteiger partial charge in [-0.25, -0.2) is 8.78 Å². The molecule has 0 radical (unpaired) electrons. The highest BCUT2D eigenvalue weighted by Gasteiger charge is 2.19. The van der Waals surface area contributed by atoms with E-state index in [9.17, 15) is 13.6 Å². The molecule has 20 heavy (non-hydrogen) atoms. The summed E-state index contributed by atoms with van der Waals surface area (Å²) in [5.41, 5.74) is 4.31. The first kappa shape index (κ1) is 13.9. The van der Waals surface area contributed by atoms with E-state index in [2.05, 4.69) is 15.5 Å². The molecule has 0 atom stereocenters. The van der Waals surface area contributed by atoms with Crippen molar-refractivity contribution in [1.29, 1.82) is 0 Å². The second-order valence-corrected chi connectivity index (χ2v) is 4.06. The molecule has 2 rings (SSSR count). The van der Waals surface area contributed by atoms with Gasteiger partial charge in [0, 0.05) is 19.9 Å². The van der Waals surface area contributed by atoms with Crippen molar-refractivity contribution in [3.05, 3.63) is 41.0 Å². The van der Waals surface area contributed by atoms with Gasteiger partial charge in [0.15, 0.2) is 11.6 Å². The fourth-order valence-electron chi connectivity index (χ4n) is 1.60. The zero-order chi connectivity index (χ0) is 14.7. The monoisotopic (exact) mass is 282 g/mol. The Balaban J connectivity index is 2.00. The highest BCUT2D eigenvalue weighted by molar-refractivity contribution is 5.95. The van der Waals surface area contributed by atoms with Crippen LogP contribution in [0.3, 0.4) is 0 Å². The van der Waals surface area contributed by atoms with Gasteiger partial charge in [-0.2, -0.15) is 4.98 Å². The van der Waals surface area contributed by atoms with Gasteiger partial charge in [-0.05, 0) is 12.1 Å². The molecule has 6 nitrogen and oxygen atoms in total. The summed E-state index contributed by atoms with van der Waals surface area (Å²) in [4.78, 5) is 15.7. The highest BCUT2D eigenvalue weighted by Crippen LogP contribution is 2.18. The lowest BCUT2D eigenvalue weighted by atomic mass is 10.1. The summed E-state index contributed by atoms with van der Waals surface area (Å²) < 4.78 is 31.8. The Bertz CT molecular complexity index is 642. The fourth-order valence-corrected chi connectivity index (χ4v) is 1.60. The van der Waals surface area contributed by atoms with Gasteiger partial charge in [-0.15, -0.1) is 0 Å². The third-order valence-corrected chi connectivity index (χ3v) is 2.55. The number of nitrogen functional groups attached to an aromatic ring is 1. The Labute approximate surface area is 113 Å². The molecule has 1 aromatic carbocycles. The SMILES string of the molecule is Cc1nc(CCNC(=O)c2c(F)ccc(N)c2F)no1. The van der Waals surface area contributed by atoms with E-state index in [1.165, 1.54) is 0 Å². The number of rotatable bonds is 4. The molecular weight excluding hydrogens is 270 g/mol. The molecule has 2 aromatic rings. The van der Waals surface area contributed by atoms with Gasteiger partial charge in [0.25, 0.3) is 5.91 Å². The molecule has 0 saturated heterocycles. The summed E-state index contributed by atoms with van der Waals surface area (Å²) in [6, 6.07) is 2.00. The smallest absolute Gasteiger partial charge is 0.257 e. The third-order valence-electron chi connectivity index (χ3n) is 2.55. The van der Waals surface area contributed by atoms with E-state index < -0.39 is 23.1 Å². The van der Waals surface area contributed by atoms with E-state index in [1.54, 1.807) is 6.92 Å². The number of carbonyl (C=O) groups excluding carboxylic acids is 1. The zero-order valence-corrected chi connectivity index (χ0v) is 10.6. The van der Waals surface area contributed by atoms with Crippen molar-refractivity contribution in [2.75, 3.05) is 12.3 Å². The predicted molar refractivity (Wildman–Crippen MR) is 65.8 cm³/mol. The maximum absolute atomic E-state index is 13.6. The van der Waals surface area contributed by atoms with E-state index in [0.29, 0.717) is 11.7 Å². The largest absolute Gasteiger partial charge is 0.396 e. The molecule has 0 aliphatic heterocycles. The first-order valence-electron chi connectivity index (χ1n) is 5.80. The summed E-state index contributed by atoms with van der Waals surface area (Å²) >= 11 is 0. The lowest BCUT2D eigenvalue weighted by Crippen LogP contribution is -2.28. The average molecular weight is 282 g/mol. The summed E-state index contributed by atoms with van der Waals surface area (Å²) in [5.74, 6) is -2.12. The van der Waals surface area contributed by atoms with Gasteiger partial charge in [-0.3, -0.25) is 4.79 Å². The van der Waals surface area contributed by atoms with Gasteiger partial charge in [0.2, 0.25) is 5.89 Å². The van der Waals surface area contributed by atoms with Gasteiger partial charge >= 0.3 is 0 Å². The number of hydrogen-bond donors (Lipinski definition) is 2. The number of carbonyl (C=O) groups is 1. The number of amides is 1. The number of nitrogens with one attached hydrogen (secondary N) is 1. The number of aromatic nitrogens is 2. The minimum atomic E-state index is -1.07. The van der Waals surface area contributed by atoms with Gasteiger partial charge in [0.1, 0.15) is 11.4 Å². The molecule has 0 bridgehead atoms. The molecular formula is C12H12F2N4O2. The van der Waals surface area contributed by atoms with Gasteiger partial charge in [0.05, 0.1) is 5.69 Å². The van der Waals surface area contributed by atoms with Crippen LogP contribution in [-0.2, 0) is 6.42 Å². The van der Waals surface area contributed by atoms with Crippen molar-refractivity contribution < 1.29 is 18.1 Å². The minimum absolute atomic E-state index is 0.117. The standard InChI is InChI=1S/C12H12F2N4O2/c1-6-17-9(18-20-6)4-5-16-12(19)10-7(13)2-3-8(15)11(10)14/h2-3H,4-5,15H2,1H3,(H,16,19). The van der Waals surface area contributed by atoms with E-state index in [4.69, 9.17) is 10.3 Å². The quantitative estimate of drug-likeness (QED) is 0.822. The molecule has 0 aliphatic rings. The lowest BCUT2D eigenvalue weighted by Gasteiger charge is -2.07. The zero-order valence-electron chi connectivity index (χ0n) is 10.6. The van der Waals surface area contributed by atoms with Crippen LogP contribution in [0.25, 0.3) is 0 Å². The van der Waals surface area contributed by atoms with Crippen molar-refractivity contribution in [3.63, 3.8) is 0 Å². The topological polar surface area (TPSA) is 94.0 Å². The number of hydrogen-bond acceptors (Lipinski definition) is 5. The van der Waals surface area contributed by atoms with Crippen LogP contribution < -0.4 is 11.1 Å². The van der Waals surface area contributed by atoms with Crippen LogP contribution in [0, 0.1) is 18.6 Å². The molecule has 1 amide bonds. The van der Waals surface area contributed by atoms with Crippen LogP contribution in [0.5, 0.6) is 0 Å². The Morgan fingerprint density at radius 1 is 1.45 bits per heavy atom. The van der Waals surface area contributed by atoms with Gasteiger partial charge < -0.3 is 15.6 Å². The minimum Gasteiger partial charge on any atom is -0.396 e. The molecule has 0 fully saturated rings. The summed E-state index contributed by atoms with van der Waals surface area (Å²) in [5, 5.41) is 6.00. The first-order chi connectivity index (χ1) is 9.49. The number of aryl methyl sites for hydroxylation is 1. The van der Waals surface area contributed by atoms with E-state index in [0.717, 1.165) is 12.1 Å². The number of halogens is 2. The maximum Gasteiger partial charge on any atom is 0.257 e. The third kappa shape index (κ3) is 2.90. The first-order valence-corrected chi connectivity index (χ1v) is 5.80. The van der Waals surface area contributed by atoms with Crippen LogP contribution in [0.15, 0.2) is 16.7 Å². The number of benzene rings is 1. The van der Waals surface area contributed by atoms with E-state index in [-0.39, 0.29) is 18.7 Å². The average Bonchev–Trinajstić information content (AvgIpc) is 2.80. The van der Waals surface area contributed by atoms with Crippen LogP contribution >= 0.6 is 0 Å². The lowest BCUT2D eigenvalue weighted by molar-refractivity contribution is 0.0945. The van der Waals surface area contributed by atoms with Crippen molar-refractivity contribution in [1.82, 2.24) is 15.5 Å². The van der Waals surface area contributed by atoms with Crippen LogP contribution in [0.2, 0.25) is 0 Å². The van der Waals surface area contributed by atoms with E-state index in [1.807, 2.05) is 0 Å². The van der Waals surface area contributed by atoms with Crippen molar-refractivity contribution >= 4 is 11.6 Å². The molecule has 0 unspecified atom stereocenters. The molecule has 1 aromatic heterocycles. The molecule has 0 spiro atoms.